The van der Waals surface area contributed by atoms with Gasteiger partial charge in [-0.2, -0.15) is 0 Å². The molecule has 0 aliphatic rings. The highest BCUT2D eigenvalue weighted by Gasteiger charge is 2.12. The molecule has 0 aliphatic heterocycles. The Hall–Kier alpha value is -2.37. The highest BCUT2D eigenvalue weighted by Crippen LogP contribution is 2.22. The first-order valence-corrected chi connectivity index (χ1v) is 5.94. The van der Waals surface area contributed by atoms with Crippen LogP contribution in [-0.2, 0) is 6.54 Å². The van der Waals surface area contributed by atoms with Crippen LogP contribution in [0.25, 0.3) is 10.9 Å². The number of nitro benzene ring substituents is 1. The van der Waals surface area contributed by atoms with E-state index in [-0.39, 0.29) is 17.0 Å². The average molecular weight is 262 g/mol. The largest absolute Gasteiger partial charge is 0.491 e. The van der Waals surface area contributed by atoms with Gasteiger partial charge in [0.1, 0.15) is 0 Å². The molecule has 0 amide bonds. The van der Waals surface area contributed by atoms with E-state index in [4.69, 9.17) is 4.74 Å². The molecule has 1 aromatic carbocycles. The zero-order valence-electron chi connectivity index (χ0n) is 10.8. The summed E-state index contributed by atoms with van der Waals surface area (Å²) in [7, 11) is 1.41. The lowest BCUT2D eigenvalue weighted by atomic mass is 10.2. The monoisotopic (exact) mass is 262 g/mol. The zero-order valence-corrected chi connectivity index (χ0v) is 10.8. The van der Waals surface area contributed by atoms with Gasteiger partial charge in [0.25, 0.3) is 11.2 Å². The lowest BCUT2D eigenvalue weighted by molar-refractivity contribution is -0.384. The summed E-state index contributed by atoms with van der Waals surface area (Å²) in [6, 6.07) is 5.99. The summed E-state index contributed by atoms with van der Waals surface area (Å²) < 4.78 is 6.62. The Morgan fingerprint density at radius 1 is 1.37 bits per heavy atom. The van der Waals surface area contributed by atoms with Crippen molar-refractivity contribution in [2.24, 2.45) is 0 Å². The number of aryl methyl sites for hydroxylation is 1. The van der Waals surface area contributed by atoms with Crippen molar-refractivity contribution in [3.63, 3.8) is 0 Å². The van der Waals surface area contributed by atoms with Crippen LogP contribution in [-0.4, -0.2) is 16.6 Å². The van der Waals surface area contributed by atoms with Crippen molar-refractivity contribution in [2.75, 3.05) is 7.11 Å². The number of nitro groups is 1. The van der Waals surface area contributed by atoms with Crippen molar-refractivity contribution < 1.29 is 9.66 Å². The van der Waals surface area contributed by atoms with E-state index in [0.717, 1.165) is 6.42 Å². The molecule has 0 radical (unpaired) electrons. The van der Waals surface area contributed by atoms with E-state index in [1.165, 1.54) is 25.3 Å². The number of hydrogen-bond donors (Lipinski definition) is 0. The minimum Gasteiger partial charge on any atom is -0.491 e. The van der Waals surface area contributed by atoms with Gasteiger partial charge in [-0.25, -0.2) is 0 Å². The summed E-state index contributed by atoms with van der Waals surface area (Å²) in [5, 5.41) is 11.4. The van der Waals surface area contributed by atoms with Crippen molar-refractivity contribution in [3.8, 4) is 5.75 Å². The molecule has 0 saturated heterocycles. The molecular formula is C13H14N2O4. The first-order chi connectivity index (χ1) is 9.08. The van der Waals surface area contributed by atoms with Gasteiger partial charge in [0.05, 0.1) is 17.5 Å². The summed E-state index contributed by atoms with van der Waals surface area (Å²) >= 11 is 0. The van der Waals surface area contributed by atoms with E-state index in [1.807, 2.05) is 6.92 Å². The molecule has 0 bridgehead atoms. The molecule has 0 atom stereocenters. The van der Waals surface area contributed by atoms with Gasteiger partial charge in [0.15, 0.2) is 5.75 Å². The maximum atomic E-state index is 12.1. The summed E-state index contributed by atoms with van der Waals surface area (Å²) in [5.41, 5.74) is 0.459. The van der Waals surface area contributed by atoms with Gasteiger partial charge in [-0.05, 0) is 18.6 Å². The molecule has 2 aromatic rings. The van der Waals surface area contributed by atoms with E-state index >= 15 is 0 Å². The summed E-state index contributed by atoms with van der Waals surface area (Å²) in [5.74, 6) is 0.196. The lowest BCUT2D eigenvalue weighted by Crippen LogP contribution is -2.21. The average Bonchev–Trinajstić information content (AvgIpc) is 2.41. The van der Waals surface area contributed by atoms with E-state index in [0.29, 0.717) is 17.4 Å². The molecule has 1 heterocycles. The Morgan fingerprint density at radius 3 is 2.68 bits per heavy atom. The second-order valence-corrected chi connectivity index (χ2v) is 4.17. The normalized spacial score (nSPS) is 10.6. The Labute approximate surface area is 109 Å². The van der Waals surface area contributed by atoms with Crippen LogP contribution in [0, 0.1) is 10.1 Å². The van der Waals surface area contributed by atoms with Gasteiger partial charge in [-0.15, -0.1) is 0 Å². The molecule has 19 heavy (non-hydrogen) atoms. The SMILES string of the molecule is CCCn1c(=O)c(OC)cc2cc([N+](=O)[O-])ccc21. The van der Waals surface area contributed by atoms with Crippen LogP contribution in [0.1, 0.15) is 13.3 Å². The van der Waals surface area contributed by atoms with Gasteiger partial charge in [-0.3, -0.25) is 14.9 Å². The number of non-ortho nitro benzene ring substituents is 1. The van der Waals surface area contributed by atoms with Crippen molar-refractivity contribution in [3.05, 3.63) is 44.7 Å². The number of ether oxygens (including phenoxy) is 1. The fourth-order valence-corrected chi connectivity index (χ4v) is 2.05. The summed E-state index contributed by atoms with van der Waals surface area (Å²) in [6.45, 7) is 2.51. The van der Waals surface area contributed by atoms with E-state index in [9.17, 15) is 14.9 Å². The maximum Gasteiger partial charge on any atom is 0.293 e. The first-order valence-electron chi connectivity index (χ1n) is 5.94. The van der Waals surface area contributed by atoms with Gasteiger partial charge < -0.3 is 9.30 Å². The highest BCUT2D eigenvalue weighted by molar-refractivity contribution is 5.82. The molecule has 0 N–H and O–H groups in total. The Balaban J connectivity index is 2.79. The van der Waals surface area contributed by atoms with Crippen molar-refractivity contribution in [2.45, 2.75) is 19.9 Å². The Kier molecular flexibility index (Phi) is 3.50. The predicted molar refractivity (Wildman–Crippen MR) is 71.7 cm³/mol. The fourth-order valence-electron chi connectivity index (χ4n) is 2.05. The number of nitrogens with zero attached hydrogens (tertiary/aromatic N) is 2. The minimum atomic E-state index is -0.457. The van der Waals surface area contributed by atoms with Crippen molar-refractivity contribution >= 4 is 16.6 Å². The Bertz CT molecular complexity index is 691. The van der Waals surface area contributed by atoms with Crippen molar-refractivity contribution in [1.82, 2.24) is 4.57 Å². The van der Waals surface area contributed by atoms with Crippen LogP contribution in [0.3, 0.4) is 0 Å². The van der Waals surface area contributed by atoms with Gasteiger partial charge in [0.2, 0.25) is 0 Å². The van der Waals surface area contributed by atoms with Crippen LogP contribution in [0.5, 0.6) is 5.75 Å². The molecule has 0 spiro atoms. The van der Waals surface area contributed by atoms with Crippen LogP contribution in [0.15, 0.2) is 29.1 Å². The molecule has 0 saturated carbocycles. The highest BCUT2D eigenvalue weighted by atomic mass is 16.6. The molecule has 6 heteroatoms. The smallest absolute Gasteiger partial charge is 0.293 e. The molecule has 0 unspecified atom stereocenters. The third-order valence-electron chi connectivity index (χ3n) is 2.92. The third-order valence-corrected chi connectivity index (χ3v) is 2.92. The number of rotatable bonds is 4. The second kappa shape index (κ2) is 5.09. The predicted octanol–water partition coefficient (Wildman–Crippen LogP) is 2.33. The molecule has 0 fully saturated rings. The van der Waals surface area contributed by atoms with Crippen LogP contribution < -0.4 is 10.3 Å². The molecule has 2 rings (SSSR count). The fraction of sp³-hybridized carbons (Fsp3) is 0.308. The van der Waals surface area contributed by atoms with Crippen LogP contribution >= 0.6 is 0 Å². The van der Waals surface area contributed by atoms with Crippen LogP contribution in [0.2, 0.25) is 0 Å². The van der Waals surface area contributed by atoms with E-state index < -0.39 is 4.92 Å². The Morgan fingerprint density at radius 2 is 2.11 bits per heavy atom. The number of pyridine rings is 1. The van der Waals surface area contributed by atoms with Gasteiger partial charge in [-0.1, -0.05) is 6.92 Å². The summed E-state index contributed by atoms with van der Waals surface area (Å²) in [6.07, 6.45) is 0.791. The van der Waals surface area contributed by atoms with Gasteiger partial charge in [0, 0.05) is 24.1 Å². The third kappa shape index (κ3) is 2.29. The van der Waals surface area contributed by atoms with E-state index in [2.05, 4.69) is 0 Å². The number of methoxy groups -OCH3 is 1. The maximum absolute atomic E-state index is 12.1. The minimum absolute atomic E-state index is 0.00347. The molecular weight excluding hydrogens is 248 g/mol. The molecule has 100 valence electrons. The van der Waals surface area contributed by atoms with Crippen molar-refractivity contribution in [1.29, 1.82) is 0 Å². The molecule has 1 aromatic heterocycles. The second-order valence-electron chi connectivity index (χ2n) is 4.17. The molecule has 0 aliphatic carbocycles. The standard InChI is InChI=1S/C13H14N2O4/c1-3-6-14-11-5-4-10(15(17)18)7-9(11)8-12(19-2)13(14)16/h4-5,7-8H,3,6H2,1-2H3. The van der Waals surface area contributed by atoms with Gasteiger partial charge >= 0.3 is 0 Å². The number of benzene rings is 1. The molecule has 6 nitrogen and oxygen atoms in total. The topological polar surface area (TPSA) is 74.4 Å². The van der Waals surface area contributed by atoms with E-state index in [1.54, 1.807) is 10.6 Å². The lowest BCUT2D eigenvalue weighted by Gasteiger charge is -2.11. The van der Waals surface area contributed by atoms with Crippen LogP contribution in [0.4, 0.5) is 5.69 Å². The summed E-state index contributed by atoms with van der Waals surface area (Å²) in [4.78, 5) is 22.5. The number of hydrogen-bond acceptors (Lipinski definition) is 4. The quantitative estimate of drug-likeness (QED) is 0.626. The number of aromatic nitrogens is 1. The number of fused-ring (bicyclic) bond motifs is 1. The first kappa shape index (κ1) is 13.1. The zero-order chi connectivity index (χ0) is 14.0.